The Labute approximate surface area is 106 Å². The molecule has 0 spiro atoms. The molecule has 19 heavy (non-hydrogen) atoms. The normalized spacial score (nSPS) is 10.1. The Morgan fingerprint density at radius 2 is 2.32 bits per heavy atom. The van der Waals surface area contributed by atoms with E-state index in [1.807, 2.05) is 0 Å². The third-order valence-electron chi connectivity index (χ3n) is 2.08. The number of carboxylic acids is 1. The molecule has 2 heterocycles. The Morgan fingerprint density at radius 1 is 1.53 bits per heavy atom. The van der Waals surface area contributed by atoms with Crippen LogP contribution in [0.2, 0.25) is 0 Å². The molecule has 0 aliphatic heterocycles. The molecule has 0 saturated heterocycles. The summed E-state index contributed by atoms with van der Waals surface area (Å²) in [6, 6.07) is 0. The summed E-state index contributed by atoms with van der Waals surface area (Å²) in [4.78, 5) is 29.8. The second-order valence-electron chi connectivity index (χ2n) is 3.31. The van der Waals surface area contributed by atoms with Crippen molar-refractivity contribution in [2.24, 2.45) is 0 Å². The topological polar surface area (TPSA) is 119 Å². The Balaban J connectivity index is 2.31. The van der Waals surface area contributed by atoms with Crippen molar-refractivity contribution < 1.29 is 19.4 Å². The molecule has 2 aromatic rings. The average molecular weight is 263 g/mol. The number of fused-ring (bicyclic) bond motifs is 1. The first-order chi connectivity index (χ1) is 9.13. The molecular weight excluding hydrogens is 254 g/mol. The molecular formula is C10H9N5O4. The summed E-state index contributed by atoms with van der Waals surface area (Å²) in [6.07, 6.45) is 2.89. The maximum atomic E-state index is 11.4. The fourth-order valence-electron chi connectivity index (χ4n) is 1.31. The van der Waals surface area contributed by atoms with Gasteiger partial charge in [0.05, 0.1) is 6.20 Å². The lowest BCUT2D eigenvalue weighted by molar-refractivity contribution is 0.0698. The largest absolute Gasteiger partial charge is 0.477 e. The first kappa shape index (κ1) is 12.5. The number of rotatable bonds is 4. The van der Waals surface area contributed by atoms with Crippen molar-refractivity contribution in [1.29, 1.82) is 0 Å². The monoisotopic (exact) mass is 263 g/mol. The highest BCUT2D eigenvalue weighted by Crippen LogP contribution is 2.11. The van der Waals surface area contributed by atoms with E-state index in [1.54, 1.807) is 0 Å². The third-order valence-corrected chi connectivity index (χ3v) is 2.08. The minimum atomic E-state index is -1.17. The van der Waals surface area contributed by atoms with E-state index < -0.39 is 12.1 Å². The molecule has 0 saturated carbocycles. The number of aromatic carboxylic acids is 1. The highest BCUT2D eigenvalue weighted by molar-refractivity contribution is 5.94. The molecule has 0 radical (unpaired) electrons. The Morgan fingerprint density at radius 3 is 3.00 bits per heavy atom. The molecule has 98 valence electrons. The molecule has 9 nitrogen and oxygen atoms in total. The molecule has 0 bridgehead atoms. The first-order valence-electron chi connectivity index (χ1n) is 5.10. The quantitative estimate of drug-likeness (QED) is 0.773. The fourth-order valence-corrected chi connectivity index (χ4v) is 1.31. The summed E-state index contributed by atoms with van der Waals surface area (Å²) in [6.45, 7) is 3.44. The van der Waals surface area contributed by atoms with E-state index in [9.17, 15) is 9.59 Å². The van der Waals surface area contributed by atoms with Gasteiger partial charge >= 0.3 is 12.1 Å². The molecule has 0 aliphatic rings. The van der Waals surface area contributed by atoms with Crippen molar-refractivity contribution in [1.82, 2.24) is 19.6 Å². The van der Waals surface area contributed by atoms with E-state index in [2.05, 4.69) is 27.0 Å². The summed E-state index contributed by atoms with van der Waals surface area (Å²) in [5, 5.41) is 15.0. The van der Waals surface area contributed by atoms with Gasteiger partial charge in [0.1, 0.15) is 18.5 Å². The number of carbonyl (C=O) groups is 2. The highest BCUT2D eigenvalue weighted by atomic mass is 16.5. The second-order valence-corrected chi connectivity index (χ2v) is 3.31. The van der Waals surface area contributed by atoms with Gasteiger partial charge in [0, 0.05) is 0 Å². The van der Waals surface area contributed by atoms with Gasteiger partial charge in [0.25, 0.3) is 0 Å². The molecule has 2 rings (SSSR count). The van der Waals surface area contributed by atoms with Gasteiger partial charge in [-0.15, -0.1) is 0 Å². The van der Waals surface area contributed by atoms with Crippen LogP contribution in [0.5, 0.6) is 0 Å². The lowest BCUT2D eigenvalue weighted by Crippen LogP contribution is -2.17. The molecule has 0 fully saturated rings. The van der Waals surface area contributed by atoms with Gasteiger partial charge < -0.3 is 9.84 Å². The zero-order valence-corrected chi connectivity index (χ0v) is 9.61. The Hall–Kier alpha value is -2.97. The van der Waals surface area contributed by atoms with Crippen molar-refractivity contribution in [3.8, 4) is 0 Å². The summed E-state index contributed by atoms with van der Waals surface area (Å²) in [7, 11) is 0. The van der Waals surface area contributed by atoms with Gasteiger partial charge in [-0.1, -0.05) is 12.7 Å². The van der Waals surface area contributed by atoms with E-state index in [0.717, 1.165) is 17.0 Å². The van der Waals surface area contributed by atoms with Crippen molar-refractivity contribution in [2.75, 3.05) is 11.9 Å². The zero-order valence-electron chi connectivity index (χ0n) is 9.61. The average Bonchev–Trinajstić information content (AvgIpc) is 2.81. The number of nitrogens with zero attached hydrogens (tertiary/aromatic N) is 4. The lowest BCUT2D eigenvalue weighted by atomic mass is 10.3. The summed E-state index contributed by atoms with van der Waals surface area (Å²) >= 11 is 0. The highest BCUT2D eigenvalue weighted by Gasteiger charge is 2.16. The number of hydrogen-bond acceptors (Lipinski definition) is 6. The predicted molar refractivity (Wildman–Crippen MR) is 62.9 cm³/mol. The van der Waals surface area contributed by atoms with E-state index in [-0.39, 0.29) is 23.8 Å². The molecule has 9 heteroatoms. The predicted octanol–water partition coefficient (Wildman–Crippen LogP) is 0.557. The Kier molecular flexibility index (Phi) is 3.37. The van der Waals surface area contributed by atoms with E-state index in [1.165, 1.54) is 6.08 Å². The minimum Gasteiger partial charge on any atom is -0.477 e. The van der Waals surface area contributed by atoms with Crippen molar-refractivity contribution in [2.45, 2.75) is 0 Å². The number of carboxylic acid groups (broad SMARTS) is 1. The van der Waals surface area contributed by atoms with Crippen molar-refractivity contribution >= 4 is 23.7 Å². The molecule has 0 aliphatic carbocycles. The molecule has 2 N–H and O–H groups in total. The smallest absolute Gasteiger partial charge is 0.414 e. The number of amides is 1. The van der Waals surface area contributed by atoms with Gasteiger partial charge in [-0.05, 0) is 0 Å². The zero-order chi connectivity index (χ0) is 13.8. The SMILES string of the molecule is C=CCOC(=O)Nc1ncnc2c(C(=O)O)cnn12. The van der Waals surface area contributed by atoms with Crippen LogP contribution in [0.4, 0.5) is 10.7 Å². The van der Waals surface area contributed by atoms with Crippen LogP contribution in [0.25, 0.3) is 5.65 Å². The van der Waals surface area contributed by atoms with E-state index >= 15 is 0 Å². The van der Waals surface area contributed by atoms with Crippen LogP contribution >= 0.6 is 0 Å². The molecule has 0 atom stereocenters. The number of hydrogen-bond donors (Lipinski definition) is 2. The van der Waals surface area contributed by atoms with Gasteiger partial charge in [-0.25, -0.2) is 19.6 Å². The maximum Gasteiger partial charge on any atom is 0.414 e. The third kappa shape index (κ3) is 2.49. The van der Waals surface area contributed by atoms with Crippen LogP contribution in [0, 0.1) is 0 Å². The second kappa shape index (κ2) is 5.12. The van der Waals surface area contributed by atoms with Crippen LogP contribution in [-0.2, 0) is 4.74 Å². The number of ether oxygens (including phenoxy) is 1. The number of carbonyl (C=O) groups excluding carboxylic acids is 1. The van der Waals surface area contributed by atoms with Gasteiger partial charge in [-0.2, -0.15) is 9.61 Å². The lowest BCUT2D eigenvalue weighted by Gasteiger charge is -2.05. The Bertz CT molecular complexity index is 650. The van der Waals surface area contributed by atoms with Crippen LogP contribution in [0.15, 0.2) is 25.2 Å². The van der Waals surface area contributed by atoms with E-state index in [0.29, 0.717) is 0 Å². The van der Waals surface area contributed by atoms with Crippen molar-refractivity contribution in [3.05, 3.63) is 30.7 Å². The van der Waals surface area contributed by atoms with Gasteiger partial charge in [-0.3, -0.25) is 5.32 Å². The summed E-state index contributed by atoms with van der Waals surface area (Å²) < 4.78 is 5.81. The molecule has 0 aromatic carbocycles. The standard InChI is InChI=1S/C10H9N5O4/c1-2-3-19-10(18)14-9-12-5-11-7-6(8(16)17)4-13-15(7)9/h2,4-5H,1,3H2,(H,16,17)(H,11,12,14,18). The van der Waals surface area contributed by atoms with Crippen LogP contribution in [0.3, 0.4) is 0 Å². The van der Waals surface area contributed by atoms with Gasteiger partial charge in [0.2, 0.25) is 5.95 Å². The maximum absolute atomic E-state index is 11.4. The fraction of sp³-hybridized carbons (Fsp3) is 0.100. The minimum absolute atomic E-state index is 0.00608. The first-order valence-corrected chi connectivity index (χ1v) is 5.10. The molecule has 1 amide bonds. The van der Waals surface area contributed by atoms with Gasteiger partial charge in [0.15, 0.2) is 5.65 Å². The number of anilines is 1. The van der Waals surface area contributed by atoms with Crippen LogP contribution in [-0.4, -0.2) is 43.4 Å². The summed E-state index contributed by atoms with van der Waals surface area (Å²) in [5.41, 5.74) is -0.0218. The van der Waals surface area contributed by atoms with E-state index in [4.69, 9.17) is 9.84 Å². The molecule has 2 aromatic heterocycles. The number of aromatic nitrogens is 4. The van der Waals surface area contributed by atoms with Crippen molar-refractivity contribution in [3.63, 3.8) is 0 Å². The summed E-state index contributed by atoms with van der Waals surface area (Å²) in [5.74, 6) is -1.17. The molecule has 0 unspecified atom stereocenters. The van der Waals surface area contributed by atoms with Crippen LogP contribution in [0.1, 0.15) is 10.4 Å². The number of nitrogens with one attached hydrogen (secondary N) is 1. The van der Waals surface area contributed by atoms with Crippen LogP contribution < -0.4 is 5.32 Å².